The van der Waals surface area contributed by atoms with E-state index in [0.717, 1.165) is 36.8 Å². The second-order valence-electron chi connectivity index (χ2n) is 16.1. The second-order valence-corrected chi connectivity index (χ2v) is 16.1. The molecular weight excluding hydrogens is 739 g/mol. The highest BCUT2D eigenvalue weighted by Crippen LogP contribution is 2.62. The van der Waals surface area contributed by atoms with Crippen molar-refractivity contribution in [1.29, 1.82) is 5.26 Å². The van der Waals surface area contributed by atoms with E-state index in [1.165, 1.54) is 0 Å². The number of aliphatic hydroxyl groups excluding tert-OH is 3. The molecule has 1 aliphatic heterocycles. The van der Waals surface area contributed by atoms with Gasteiger partial charge < -0.3 is 44.0 Å². The van der Waals surface area contributed by atoms with E-state index in [1.54, 1.807) is 41.3 Å². The van der Waals surface area contributed by atoms with Gasteiger partial charge >= 0.3 is 0 Å². The van der Waals surface area contributed by atoms with E-state index < -0.39 is 23.3 Å². The van der Waals surface area contributed by atoms with E-state index in [2.05, 4.69) is 25.3 Å². The van der Waals surface area contributed by atoms with E-state index in [0.29, 0.717) is 47.8 Å². The average Bonchev–Trinajstić information content (AvgIpc) is 3.22. The number of nitriles is 1. The maximum atomic E-state index is 14.9. The minimum Gasteiger partial charge on any atom is -0.490 e. The molecule has 2 aliphatic carbocycles. The first-order chi connectivity index (χ1) is 28.0. The van der Waals surface area contributed by atoms with Gasteiger partial charge in [-0.1, -0.05) is 42.8 Å². The lowest BCUT2D eigenvalue weighted by molar-refractivity contribution is -0.254. The summed E-state index contributed by atoms with van der Waals surface area (Å²) in [6.07, 6.45) is 10.4. The number of carbonyl (C=O) groups is 1. The standard InChI is InChI=1S/C46H61N3O9/c1-6-24-55-35-18-19-40-38(29-35)42-36(13-9-11-22-51)34(12-8-10-21-50)28-37-39(48-58-45(3,4)5)30-41(46(57-40,43(37)42)56-25-7-2)49(20-26-54-27-23-52)44(53)33-16-14-32(31-47)15-17-33/h6-7,14-19,28-29,34,36,41-43,50-52H,1-2,8-13,20-27,30H2,3-5H3. The molecule has 58 heavy (non-hydrogen) atoms. The lowest BCUT2D eigenvalue weighted by atomic mass is 9.55. The Morgan fingerprint density at radius 3 is 2.38 bits per heavy atom. The summed E-state index contributed by atoms with van der Waals surface area (Å²) in [5, 5.41) is 43.7. The number of carbonyl (C=O) groups excluding carboxylic acids is 1. The number of hydrogen-bond acceptors (Lipinski definition) is 11. The quantitative estimate of drug-likeness (QED) is 0.0663. The van der Waals surface area contributed by atoms with Crippen LogP contribution in [0.15, 0.2) is 84.6 Å². The van der Waals surface area contributed by atoms with Crippen molar-refractivity contribution in [3.8, 4) is 17.6 Å². The molecule has 12 nitrogen and oxygen atoms in total. The van der Waals surface area contributed by atoms with Crippen LogP contribution in [-0.2, 0) is 14.3 Å². The molecule has 5 rings (SSSR count). The number of rotatable bonds is 22. The summed E-state index contributed by atoms with van der Waals surface area (Å²) in [7, 11) is 0. The average molecular weight is 800 g/mol. The number of aliphatic hydroxyl groups is 3. The summed E-state index contributed by atoms with van der Waals surface area (Å²) >= 11 is 0. The molecule has 0 saturated heterocycles. The fraction of sp³-hybridized carbons (Fsp3) is 0.543. The maximum absolute atomic E-state index is 14.9. The zero-order valence-corrected chi connectivity index (χ0v) is 34.3. The minimum atomic E-state index is -1.47. The van der Waals surface area contributed by atoms with Gasteiger partial charge in [0.25, 0.3) is 5.91 Å². The molecule has 314 valence electrons. The molecule has 1 saturated carbocycles. The number of allylic oxidation sites excluding steroid dienone is 1. The molecule has 2 aromatic rings. The summed E-state index contributed by atoms with van der Waals surface area (Å²) in [5.74, 6) is -1.12. The van der Waals surface area contributed by atoms with Crippen LogP contribution in [0.2, 0.25) is 0 Å². The Bertz CT molecular complexity index is 1800. The first-order valence-electron chi connectivity index (χ1n) is 20.6. The first-order valence-corrected chi connectivity index (χ1v) is 20.6. The highest BCUT2D eigenvalue weighted by atomic mass is 16.7. The van der Waals surface area contributed by atoms with Gasteiger partial charge in [0.1, 0.15) is 29.7 Å². The molecule has 6 atom stereocenters. The SMILES string of the molecule is C=CCOc1ccc2c(c1)C1C(CCCCO)C(CCCCO)C=C3C(=NOC(C)(C)C)CC(N(CCOCCO)C(=O)c4ccc(C#N)cc4)C(OCC=C)(O2)C31. The van der Waals surface area contributed by atoms with Gasteiger partial charge in [-0.15, -0.1) is 6.58 Å². The molecule has 1 fully saturated rings. The number of fused-ring (bicyclic) bond motifs is 2. The van der Waals surface area contributed by atoms with Crippen molar-refractivity contribution in [3.05, 3.63) is 96.1 Å². The Morgan fingerprint density at radius 1 is 1.00 bits per heavy atom. The molecule has 1 amide bonds. The number of ether oxygens (including phenoxy) is 4. The van der Waals surface area contributed by atoms with E-state index in [-0.39, 0.29) is 76.3 Å². The van der Waals surface area contributed by atoms with Crippen molar-refractivity contribution in [2.75, 3.05) is 52.8 Å². The van der Waals surface area contributed by atoms with Gasteiger partial charge in [0, 0.05) is 43.2 Å². The number of benzene rings is 2. The van der Waals surface area contributed by atoms with Crippen LogP contribution in [0, 0.1) is 29.1 Å². The van der Waals surface area contributed by atoms with E-state index in [4.69, 9.17) is 28.9 Å². The molecule has 12 heteroatoms. The minimum absolute atomic E-state index is 0.0436. The van der Waals surface area contributed by atoms with Crippen LogP contribution in [0.3, 0.4) is 0 Å². The van der Waals surface area contributed by atoms with Crippen LogP contribution in [0.25, 0.3) is 0 Å². The molecule has 2 aromatic carbocycles. The highest BCUT2D eigenvalue weighted by Gasteiger charge is 2.65. The Hall–Kier alpha value is -4.51. The normalized spacial score (nSPS) is 24.1. The third-order valence-electron chi connectivity index (χ3n) is 11.1. The van der Waals surface area contributed by atoms with Crippen LogP contribution in [-0.4, -0.2) is 102 Å². The topological polar surface area (TPSA) is 163 Å². The summed E-state index contributed by atoms with van der Waals surface area (Å²) in [4.78, 5) is 22.9. The molecule has 1 heterocycles. The lowest BCUT2D eigenvalue weighted by Gasteiger charge is -2.60. The number of nitrogens with zero attached hydrogens (tertiary/aromatic N) is 3. The van der Waals surface area contributed by atoms with Crippen molar-refractivity contribution < 1.29 is 43.9 Å². The Morgan fingerprint density at radius 2 is 1.72 bits per heavy atom. The smallest absolute Gasteiger partial charge is 0.254 e. The fourth-order valence-corrected chi connectivity index (χ4v) is 8.67. The van der Waals surface area contributed by atoms with Crippen LogP contribution < -0.4 is 9.47 Å². The largest absolute Gasteiger partial charge is 0.490 e. The van der Waals surface area contributed by atoms with Crippen molar-refractivity contribution >= 4 is 11.6 Å². The Kier molecular flexibility index (Phi) is 16.1. The third-order valence-corrected chi connectivity index (χ3v) is 11.1. The van der Waals surface area contributed by atoms with Gasteiger partial charge in [-0.3, -0.25) is 4.79 Å². The fourth-order valence-electron chi connectivity index (χ4n) is 8.67. The van der Waals surface area contributed by atoms with Crippen molar-refractivity contribution in [3.63, 3.8) is 0 Å². The van der Waals surface area contributed by atoms with Crippen molar-refractivity contribution in [2.24, 2.45) is 22.9 Å². The molecule has 0 spiro atoms. The van der Waals surface area contributed by atoms with Gasteiger partial charge in [0.2, 0.25) is 5.79 Å². The first kappa shape index (κ1) is 44.6. The molecule has 0 radical (unpaired) electrons. The predicted octanol–water partition coefficient (Wildman–Crippen LogP) is 6.71. The summed E-state index contributed by atoms with van der Waals surface area (Å²) in [6.45, 7) is 14.4. The van der Waals surface area contributed by atoms with Crippen LogP contribution in [0.5, 0.6) is 11.5 Å². The zero-order valence-electron chi connectivity index (χ0n) is 34.3. The molecule has 3 N–H and O–H groups in total. The molecule has 0 bridgehead atoms. The van der Waals surface area contributed by atoms with Gasteiger partial charge in [-0.05, 0) is 106 Å². The summed E-state index contributed by atoms with van der Waals surface area (Å²) in [5.41, 5.74) is 2.72. The van der Waals surface area contributed by atoms with Crippen molar-refractivity contribution in [2.45, 2.75) is 89.1 Å². The van der Waals surface area contributed by atoms with Gasteiger partial charge in [0.15, 0.2) is 0 Å². The van der Waals surface area contributed by atoms with E-state index >= 15 is 0 Å². The van der Waals surface area contributed by atoms with Crippen molar-refractivity contribution in [1.82, 2.24) is 4.90 Å². The Balaban J connectivity index is 1.81. The highest BCUT2D eigenvalue weighted by molar-refractivity contribution is 6.03. The van der Waals surface area contributed by atoms with E-state index in [1.807, 2.05) is 39.0 Å². The summed E-state index contributed by atoms with van der Waals surface area (Å²) in [6, 6.07) is 13.7. The molecule has 0 aromatic heterocycles. The van der Waals surface area contributed by atoms with Crippen LogP contribution in [0.4, 0.5) is 0 Å². The number of unbranched alkanes of at least 4 members (excludes halogenated alkanes) is 2. The molecule has 3 aliphatic rings. The molecule has 6 unspecified atom stereocenters. The van der Waals surface area contributed by atoms with Crippen LogP contribution in [0.1, 0.15) is 93.1 Å². The zero-order chi connectivity index (χ0) is 41.7. The number of hydrogen-bond donors (Lipinski definition) is 3. The third kappa shape index (κ3) is 10.4. The monoisotopic (exact) mass is 799 g/mol. The van der Waals surface area contributed by atoms with Gasteiger partial charge in [-0.25, -0.2) is 0 Å². The Labute approximate surface area is 343 Å². The van der Waals surface area contributed by atoms with Crippen LogP contribution >= 0.6 is 0 Å². The maximum Gasteiger partial charge on any atom is 0.254 e. The molecular formula is C46H61N3O9. The number of oxime groups is 1. The predicted molar refractivity (Wildman–Crippen MR) is 222 cm³/mol. The number of amides is 1. The van der Waals surface area contributed by atoms with Gasteiger partial charge in [0.05, 0.1) is 49.7 Å². The second kappa shape index (κ2) is 21.0. The van der Waals surface area contributed by atoms with Gasteiger partial charge in [-0.2, -0.15) is 5.26 Å². The lowest BCUT2D eigenvalue weighted by Crippen LogP contribution is -2.70. The summed E-state index contributed by atoms with van der Waals surface area (Å²) < 4.78 is 26.2. The van der Waals surface area contributed by atoms with E-state index in [9.17, 15) is 25.4 Å².